The minimum Gasteiger partial charge on any atom is -0.508 e. The molecular weight excluding hydrogens is 662 g/mol. The maximum atomic E-state index is 13.4. The van der Waals surface area contributed by atoms with Gasteiger partial charge in [0.2, 0.25) is 0 Å². The highest BCUT2D eigenvalue weighted by Gasteiger charge is 2.51. The number of sulfone groups is 1. The second-order valence-electron chi connectivity index (χ2n) is 13.1. The van der Waals surface area contributed by atoms with E-state index in [2.05, 4.69) is 50.0 Å². The van der Waals surface area contributed by atoms with Gasteiger partial charge in [-0.05, 0) is 86.9 Å². The summed E-state index contributed by atoms with van der Waals surface area (Å²) in [6.07, 6.45) is 2.86. The molecule has 5 rings (SSSR count). The summed E-state index contributed by atoms with van der Waals surface area (Å²) in [4.78, 5) is 4.50. The molecule has 0 bridgehead atoms. The van der Waals surface area contributed by atoms with E-state index >= 15 is 0 Å². The quantitative estimate of drug-likeness (QED) is 0.126. The topological polar surface area (TPSA) is 117 Å². The number of phenolic OH excluding ortho intramolecular Hbond substituents is 1. The van der Waals surface area contributed by atoms with E-state index in [1.165, 1.54) is 6.07 Å². The highest BCUT2D eigenvalue weighted by atomic mass is 35.5. The first kappa shape index (κ1) is 35.7. The van der Waals surface area contributed by atoms with Crippen LogP contribution in [0.3, 0.4) is 0 Å². The average molecular weight is 704 g/mol. The summed E-state index contributed by atoms with van der Waals surface area (Å²) in [6.45, 7) is 5.82. The number of benzene rings is 3. The normalized spacial score (nSPS) is 17.5. The predicted molar refractivity (Wildman–Crippen MR) is 196 cm³/mol. The van der Waals surface area contributed by atoms with Crippen LogP contribution in [0.1, 0.15) is 44.9 Å². The Morgan fingerprint density at radius 1 is 1.00 bits per heavy atom. The number of aliphatic hydroxyl groups excluding tert-OH is 2. The number of pyridine rings is 1. The third-order valence-electron chi connectivity index (χ3n) is 8.96. The van der Waals surface area contributed by atoms with Crippen LogP contribution in [0.4, 0.5) is 0 Å². The molecule has 48 heavy (non-hydrogen) atoms. The van der Waals surface area contributed by atoms with Crippen molar-refractivity contribution in [2.24, 2.45) is 0 Å². The van der Waals surface area contributed by atoms with Crippen molar-refractivity contribution in [1.29, 1.82) is 0 Å². The van der Waals surface area contributed by atoms with Gasteiger partial charge in [-0.2, -0.15) is 0 Å². The highest BCUT2D eigenvalue weighted by molar-refractivity contribution is 7.92. The molecule has 3 aromatic carbocycles. The third-order valence-corrected chi connectivity index (χ3v) is 16.3. The summed E-state index contributed by atoms with van der Waals surface area (Å²) in [6, 6.07) is 30.4. The molecule has 10 heteroatoms. The van der Waals surface area contributed by atoms with Crippen LogP contribution in [0.25, 0.3) is 11.6 Å². The minimum absolute atomic E-state index is 0.00145. The molecule has 0 spiro atoms. The Kier molecular flexibility index (Phi) is 11.1. The van der Waals surface area contributed by atoms with E-state index in [1.54, 1.807) is 18.3 Å². The van der Waals surface area contributed by atoms with E-state index in [1.807, 2.05) is 60.7 Å². The Morgan fingerprint density at radius 3 is 2.17 bits per heavy atom. The maximum absolute atomic E-state index is 13.4. The molecular formula is C38H42ClNO6SSi. The largest absolute Gasteiger partial charge is 0.508 e. The molecule has 0 unspecified atom stereocenters. The van der Waals surface area contributed by atoms with Crippen LogP contribution in [0.2, 0.25) is 10.1 Å². The molecule has 0 saturated heterocycles. The SMILES string of the molecule is CC(C)(C)[Si](OCC1=C([C@H](O)CC/C(=C/c2ccc(O)cc2Cl)c2ccccn2)[C@H](CO)S(=O)(=O)C1)(c1ccccc1)c1ccccc1. The molecule has 2 heterocycles. The van der Waals surface area contributed by atoms with Gasteiger partial charge in [0.1, 0.15) is 11.0 Å². The van der Waals surface area contributed by atoms with Crippen molar-refractivity contribution in [2.75, 3.05) is 19.0 Å². The summed E-state index contributed by atoms with van der Waals surface area (Å²) in [5.41, 5.74) is 2.91. The van der Waals surface area contributed by atoms with Crippen LogP contribution < -0.4 is 10.4 Å². The molecule has 0 aliphatic carbocycles. The molecule has 1 aliphatic rings. The number of rotatable bonds is 12. The van der Waals surface area contributed by atoms with E-state index in [0.717, 1.165) is 15.9 Å². The smallest absolute Gasteiger partial charge is 0.261 e. The van der Waals surface area contributed by atoms with Crippen molar-refractivity contribution in [3.05, 3.63) is 131 Å². The lowest BCUT2D eigenvalue weighted by atomic mass is 9.94. The van der Waals surface area contributed by atoms with Gasteiger partial charge in [-0.3, -0.25) is 4.98 Å². The molecule has 1 aromatic heterocycles. The van der Waals surface area contributed by atoms with E-state index in [-0.39, 0.29) is 29.6 Å². The molecule has 252 valence electrons. The fraction of sp³-hybridized carbons (Fsp3) is 0.289. The Bertz CT molecular complexity index is 1840. The number of phenols is 1. The molecule has 0 amide bonds. The molecule has 3 N–H and O–H groups in total. The van der Waals surface area contributed by atoms with Crippen molar-refractivity contribution in [3.8, 4) is 5.75 Å². The van der Waals surface area contributed by atoms with Crippen molar-refractivity contribution in [3.63, 3.8) is 0 Å². The number of aliphatic hydroxyl groups is 2. The van der Waals surface area contributed by atoms with E-state index in [0.29, 0.717) is 33.8 Å². The van der Waals surface area contributed by atoms with Gasteiger partial charge < -0.3 is 19.7 Å². The predicted octanol–water partition coefficient (Wildman–Crippen LogP) is 5.78. The number of hydrogen-bond acceptors (Lipinski definition) is 7. The summed E-state index contributed by atoms with van der Waals surface area (Å²) in [5.74, 6) is -0.251. The lowest BCUT2D eigenvalue weighted by Gasteiger charge is -2.43. The standard InChI is InChI=1S/C38H42ClNO6SSi/c1-38(2,3)48(31-12-6-4-7-13-31,32-14-8-5-9-15-32)46-25-29-26-47(44,45)36(24-41)37(29)35(43)20-18-28(34-16-10-11-21-40-34)22-27-17-19-30(42)23-33(27)39/h4-17,19,21-23,35-36,41-43H,18,20,24-26H2,1-3H3/b28-22-/t35-,36+/m1/s1. The van der Waals surface area contributed by atoms with Crippen LogP contribution >= 0.6 is 11.6 Å². The van der Waals surface area contributed by atoms with Crippen LogP contribution in [0, 0.1) is 0 Å². The number of aromatic nitrogens is 1. The Balaban J connectivity index is 1.52. The summed E-state index contributed by atoms with van der Waals surface area (Å²) < 4.78 is 33.9. The number of hydrogen-bond donors (Lipinski definition) is 3. The number of nitrogens with zero attached hydrogens (tertiary/aromatic N) is 1. The molecule has 1 aliphatic heterocycles. The molecule has 0 fully saturated rings. The zero-order valence-corrected chi connectivity index (χ0v) is 30.0. The lowest BCUT2D eigenvalue weighted by molar-refractivity contribution is 0.188. The van der Waals surface area contributed by atoms with E-state index in [9.17, 15) is 23.7 Å². The van der Waals surface area contributed by atoms with Gasteiger partial charge in [0.25, 0.3) is 8.32 Å². The lowest BCUT2D eigenvalue weighted by Crippen LogP contribution is -2.66. The number of aromatic hydroxyl groups is 1. The van der Waals surface area contributed by atoms with Gasteiger partial charge in [0.05, 0.1) is 35.8 Å². The monoisotopic (exact) mass is 703 g/mol. The maximum Gasteiger partial charge on any atom is 0.261 e. The first-order chi connectivity index (χ1) is 22.9. The molecule has 0 saturated carbocycles. The molecule has 0 radical (unpaired) electrons. The van der Waals surface area contributed by atoms with Crippen LogP contribution in [-0.2, 0) is 14.3 Å². The fourth-order valence-corrected chi connectivity index (χ4v) is 13.3. The van der Waals surface area contributed by atoms with Gasteiger partial charge in [0, 0.05) is 6.20 Å². The minimum atomic E-state index is -3.78. The second-order valence-corrected chi connectivity index (χ2v) is 20.0. The summed E-state index contributed by atoms with van der Waals surface area (Å²) >= 11 is 6.42. The first-order valence-corrected chi connectivity index (χ1v) is 20.0. The van der Waals surface area contributed by atoms with Gasteiger partial charge in [-0.1, -0.05) is 99.1 Å². The Hall–Kier alpha value is -3.57. The van der Waals surface area contributed by atoms with Gasteiger partial charge in [-0.25, -0.2) is 8.42 Å². The number of halogens is 1. The first-order valence-electron chi connectivity index (χ1n) is 15.9. The average Bonchev–Trinajstić information content (AvgIpc) is 3.33. The Labute approximate surface area is 289 Å². The third kappa shape index (κ3) is 7.52. The molecule has 4 aromatic rings. The molecule has 2 atom stereocenters. The van der Waals surface area contributed by atoms with Gasteiger partial charge in [0.15, 0.2) is 9.84 Å². The van der Waals surface area contributed by atoms with Gasteiger partial charge in [-0.15, -0.1) is 0 Å². The van der Waals surface area contributed by atoms with Crippen LogP contribution in [-0.4, -0.2) is 67.4 Å². The number of allylic oxidation sites excluding steroid dienone is 1. The summed E-state index contributed by atoms with van der Waals surface area (Å²) in [5, 5.41) is 32.8. The van der Waals surface area contributed by atoms with Crippen molar-refractivity contribution < 1.29 is 28.2 Å². The van der Waals surface area contributed by atoms with Crippen molar-refractivity contribution in [2.45, 2.75) is 50.0 Å². The highest BCUT2D eigenvalue weighted by Crippen LogP contribution is 2.39. The zero-order chi connectivity index (χ0) is 34.5. The van der Waals surface area contributed by atoms with Crippen LogP contribution in [0.5, 0.6) is 5.75 Å². The Morgan fingerprint density at radius 2 is 1.62 bits per heavy atom. The summed E-state index contributed by atoms with van der Waals surface area (Å²) in [7, 11) is -6.79. The molecule has 7 nitrogen and oxygen atoms in total. The zero-order valence-electron chi connectivity index (χ0n) is 27.4. The van der Waals surface area contributed by atoms with Gasteiger partial charge >= 0.3 is 0 Å². The fourth-order valence-electron chi connectivity index (χ4n) is 6.69. The van der Waals surface area contributed by atoms with E-state index in [4.69, 9.17) is 16.0 Å². The second kappa shape index (κ2) is 14.9. The van der Waals surface area contributed by atoms with Crippen molar-refractivity contribution in [1.82, 2.24) is 4.98 Å². The van der Waals surface area contributed by atoms with E-state index < -0.39 is 36.1 Å². The van der Waals surface area contributed by atoms with Crippen molar-refractivity contribution >= 4 is 51.8 Å². The van der Waals surface area contributed by atoms with Crippen LogP contribution in [0.15, 0.2) is 114 Å².